The van der Waals surface area contributed by atoms with Crippen molar-refractivity contribution < 1.29 is 18.4 Å². The molecular formula is C32H56N2O4Si2. The van der Waals surface area contributed by atoms with Crippen molar-refractivity contribution >= 4 is 28.4 Å². The lowest BCUT2D eigenvalue weighted by molar-refractivity contribution is -0.136. The van der Waals surface area contributed by atoms with Gasteiger partial charge in [0.25, 0.3) is 0 Å². The molecule has 8 heteroatoms. The number of likely N-dealkylation sites (N-methyl/N-ethyl adjacent to an activating group) is 2. The highest BCUT2D eigenvalue weighted by molar-refractivity contribution is 6.74. The minimum atomic E-state index is -2.03. The normalized spacial score (nSPS) is 17.5. The van der Waals surface area contributed by atoms with Crippen molar-refractivity contribution in [1.82, 2.24) is 9.80 Å². The van der Waals surface area contributed by atoms with Gasteiger partial charge < -0.3 is 18.7 Å². The number of rotatable bonds is 13. The third-order valence-corrected chi connectivity index (χ3v) is 18.2. The van der Waals surface area contributed by atoms with Gasteiger partial charge in [-0.15, -0.1) is 0 Å². The van der Waals surface area contributed by atoms with Crippen molar-refractivity contribution in [2.45, 2.75) is 116 Å². The highest BCUT2D eigenvalue weighted by Crippen LogP contribution is 2.40. The van der Waals surface area contributed by atoms with E-state index >= 15 is 0 Å². The van der Waals surface area contributed by atoms with Crippen LogP contribution in [0.15, 0.2) is 47.6 Å². The molecule has 0 fully saturated rings. The highest BCUT2D eigenvalue weighted by atomic mass is 28.4. The molecular weight excluding hydrogens is 533 g/mol. The van der Waals surface area contributed by atoms with Crippen molar-refractivity contribution in [2.24, 2.45) is 0 Å². The van der Waals surface area contributed by atoms with E-state index in [0.29, 0.717) is 13.1 Å². The fourth-order valence-electron chi connectivity index (χ4n) is 4.23. The molecule has 6 nitrogen and oxygen atoms in total. The Bertz CT molecular complexity index is 946. The molecule has 2 amide bonds. The zero-order chi connectivity index (χ0) is 30.5. The second-order valence-corrected chi connectivity index (χ2v) is 24.0. The Morgan fingerprint density at radius 3 is 1.30 bits per heavy atom. The van der Waals surface area contributed by atoms with E-state index in [-0.39, 0.29) is 46.9 Å². The molecule has 2 atom stereocenters. The second-order valence-electron chi connectivity index (χ2n) is 14.5. The summed E-state index contributed by atoms with van der Waals surface area (Å²) in [6, 6.07) is 0. The summed E-state index contributed by atoms with van der Waals surface area (Å²) in [4.78, 5) is 29.8. The first-order valence-corrected chi connectivity index (χ1v) is 20.6. The number of allylic oxidation sites excluding steroid dienone is 6. The van der Waals surface area contributed by atoms with E-state index in [1.54, 1.807) is 9.80 Å². The molecule has 0 radical (unpaired) electrons. The molecule has 0 heterocycles. The van der Waals surface area contributed by atoms with Gasteiger partial charge in [0.1, 0.15) is 0 Å². The molecule has 0 unspecified atom stereocenters. The maximum atomic E-state index is 13.2. The second kappa shape index (κ2) is 13.5. The van der Waals surface area contributed by atoms with E-state index in [1.807, 2.05) is 14.1 Å². The number of amides is 2. The van der Waals surface area contributed by atoms with Crippen LogP contribution in [0.4, 0.5) is 0 Å². The standard InChI is InChI=1S/C32H56N2O4Si2/c1-31(2,3)39(9,10)37-27(25-17-13-14-18-25)23-33(7)29(35)21-22-30(36)34(8)24-28(26-19-15-16-20-26)38-40(11,12)32(4,5)6/h13-17,19,27-28H,18,20-24H2,1-12H3/t27-,28-/m0/s1. The lowest BCUT2D eigenvalue weighted by Gasteiger charge is -2.40. The fourth-order valence-corrected chi connectivity index (χ4v) is 6.81. The first-order chi connectivity index (χ1) is 18.2. The van der Waals surface area contributed by atoms with Crippen molar-refractivity contribution in [3.63, 3.8) is 0 Å². The Labute approximate surface area is 246 Å². The van der Waals surface area contributed by atoms with Crippen molar-refractivity contribution in [1.29, 1.82) is 0 Å². The van der Waals surface area contributed by atoms with Crippen LogP contribution in [0.2, 0.25) is 36.3 Å². The quantitative estimate of drug-likeness (QED) is 0.213. The maximum absolute atomic E-state index is 13.2. The van der Waals surface area contributed by atoms with Gasteiger partial charge in [0.05, 0.1) is 12.2 Å². The number of nitrogens with zero attached hydrogens (tertiary/aromatic N) is 2. The minimum Gasteiger partial charge on any atom is -0.408 e. The van der Waals surface area contributed by atoms with Crippen LogP contribution in [-0.4, -0.2) is 77.6 Å². The van der Waals surface area contributed by atoms with Crippen LogP contribution in [0.25, 0.3) is 0 Å². The molecule has 2 aliphatic rings. The molecule has 0 bridgehead atoms. The average molecular weight is 589 g/mol. The molecule has 226 valence electrons. The summed E-state index contributed by atoms with van der Waals surface area (Å²) in [5.74, 6) is -0.0668. The van der Waals surface area contributed by atoms with Gasteiger partial charge in [-0.1, -0.05) is 78.0 Å². The topological polar surface area (TPSA) is 59.1 Å². The van der Waals surface area contributed by atoms with Crippen LogP contribution in [0.3, 0.4) is 0 Å². The highest BCUT2D eigenvalue weighted by Gasteiger charge is 2.41. The molecule has 0 aliphatic heterocycles. The first kappa shape index (κ1) is 34.5. The van der Waals surface area contributed by atoms with E-state index < -0.39 is 16.6 Å². The van der Waals surface area contributed by atoms with Crippen molar-refractivity contribution in [2.75, 3.05) is 27.2 Å². The summed E-state index contributed by atoms with van der Waals surface area (Å²) in [5, 5.41) is 0.155. The lowest BCUT2D eigenvalue weighted by Crippen LogP contribution is -2.48. The molecule has 40 heavy (non-hydrogen) atoms. The molecule has 0 aromatic rings. The van der Waals surface area contributed by atoms with Crippen LogP contribution in [0.1, 0.15) is 67.2 Å². The number of hydrogen-bond acceptors (Lipinski definition) is 4. The summed E-state index contributed by atoms with van der Waals surface area (Å²) in [6.45, 7) is 23.4. The van der Waals surface area contributed by atoms with E-state index in [2.05, 4.69) is 104 Å². The lowest BCUT2D eigenvalue weighted by atomic mass is 10.1. The largest absolute Gasteiger partial charge is 0.408 e. The van der Waals surface area contributed by atoms with Crippen molar-refractivity contribution in [3.05, 3.63) is 47.6 Å². The third-order valence-electron chi connectivity index (χ3n) is 9.20. The number of carbonyl (C=O) groups is 2. The summed E-state index contributed by atoms with van der Waals surface area (Å²) < 4.78 is 13.5. The molecule has 0 aromatic carbocycles. The summed E-state index contributed by atoms with van der Waals surface area (Å²) in [6.07, 6.45) is 14.4. The SMILES string of the molecule is CN(C[C@H](O[Si](C)(C)C(C)(C)C)C1=CC=CC1)C(=O)CCC(=O)N(C)C[C@H](O[Si](C)(C)C(C)(C)C)C1=CC=CC1. The molecule has 0 saturated heterocycles. The Hall–Kier alpha value is -1.75. The first-order valence-electron chi connectivity index (χ1n) is 14.8. The Kier molecular flexibility index (Phi) is 11.6. The Morgan fingerprint density at radius 1 is 0.725 bits per heavy atom. The zero-order valence-electron chi connectivity index (χ0n) is 27.4. The predicted molar refractivity (Wildman–Crippen MR) is 172 cm³/mol. The van der Waals surface area contributed by atoms with Gasteiger partial charge in [0.15, 0.2) is 16.6 Å². The van der Waals surface area contributed by atoms with Crippen LogP contribution < -0.4 is 0 Å². The van der Waals surface area contributed by atoms with E-state index in [4.69, 9.17) is 8.85 Å². The molecule has 2 aliphatic carbocycles. The molecule has 0 saturated carbocycles. The van der Waals surface area contributed by atoms with Crippen LogP contribution in [0, 0.1) is 0 Å². The fraction of sp³-hybridized carbons (Fsp3) is 0.688. The van der Waals surface area contributed by atoms with E-state index in [1.165, 1.54) is 11.1 Å². The monoisotopic (exact) mass is 588 g/mol. The van der Waals surface area contributed by atoms with Gasteiger partial charge >= 0.3 is 0 Å². The number of carbonyl (C=O) groups excluding carboxylic acids is 2. The van der Waals surface area contributed by atoms with Crippen molar-refractivity contribution in [3.8, 4) is 0 Å². The van der Waals surface area contributed by atoms with E-state index in [9.17, 15) is 9.59 Å². The summed E-state index contributed by atoms with van der Waals surface area (Å²) in [7, 11) is -0.413. The third kappa shape index (κ3) is 9.39. The van der Waals surface area contributed by atoms with Gasteiger partial charge in [-0.3, -0.25) is 9.59 Å². The van der Waals surface area contributed by atoms with Gasteiger partial charge in [0.2, 0.25) is 11.8 Å². The average Bonchev–Trinajstić information content (AvgIpc) is 3.54. The van der Waals surface area contributed by atoms with Crippen LogP contribution >= 0.6 is 0 Å². The molecule has 0 N–H and O–H groups in total. The van der Waals surface area contributed by atoms with Gasteiger partial charge in [-0.05, 0) is 60.3 Å². The Balaban J connectivity index is 1.99. The van der Waals surface area contributed by atoms with E-state index in [0.717, 1.165) is 12.8 Å². The van der Waals surface area contributed by atoms with Gasteiger partial charge in [0, 0.05) is 40.0 Å². The van der Waals surface area contributed by atoms with Gasteiger partial charge in [-0.2, -0.15) is 0 Å². The molecule has 0 aromatic heterocycles. The number of hydrogen-bond donors (Lipinski definition) is 0. The zero-order valence-corrected chi connectivity index (χ0v) is 29.4. The van der Waals surface area contributed by atoms with Crippen LogP contribution in [-0.2, 0) is 18.4 Å². The molecule has 2 rings (SSSR count). The maximum Gasteiger partial charge on any atom is 0.222 e. The summed E-state index contributed by atoms with van der Waals surface area (Å²) >= 11 is 0. The smallest absolute Gasteiger partial charge is 0.222 e. The van der Waals surface area contributed by atoms with Crippen LogP contribution in [0.5, 0.6) is 0 Å². The minimum absolute atomic E-state index is 0.0334. The Morgan fingerprint density at radius 2 is 1.05 bits per heavy atom. The van der Waals surface area contributed by atoms with Gasteiger partial charge in [-0.25, -0.2) is 0 Å². The summed E-state index contributed by atoms with van der Waals surface area (Å²) in [5.41, 5.74) is 2.42. The predicted octanol–water partition coefficient (Wildman–Crippen LogP) is 7.24. The molecule has 0 spiro atoms.